The quantitative estimate of drug-likeness (QED) is 0.734. The van der Waals surface area contributed by atoms with Gasteiger partial charge in [0.1, 0.15) is 5.82 Å². The van der Waals surface area contributed by atoms with Gasteiger partial charge in [0.05, 0.1) is 11.4 Å². The zero-order valence-corrected chi connectivity index (χ0v) is 14.4. The van der Waals surface area contributed by atoms with Gasteiger partial charge >= 0.3 is 0 Å². The molecule has 0 N–H and O–H groups in total. The largest absolute Gasteiger partial charge is 0.297 e. The lowest BCUT2D eigenvalue weighted by atomic mass is 9.94. The molecule has 25 heavy (non-hydrogen) atoms. The van der Waals surface area contributed by atoms with Gasteiger partial charge in [-0.1, -0.05) is 6.07 Å². The number of aromatic nitrogens is 5. The van der Waals surface area contributed by atoms with Gasteiger partial charge in [0.2, 0.25) is 0 Å². The van der Waals surface area contributed by atoms with Gasteiger partial charge < -0.3 is 0 Å². The van der Waals surface area contributed by atoms with Gasteiger partial charge in [0.15, 0.2) is 5.82 Å². The van der Waals surface area contributed by atoms with Crippen molar-refractivity contribution in [3.8, 4) is 5.82 Å². The van der Waals surface area contributed by atoms with Crippen LogP contribution >= 0.6 is 0 Å². The van der Waals surface area contributed by atoms with Crippen LogP contribution in [0.2, 0.25) is 0 Å². The molecular formula is C19H22N6. The van der Waals surface area contributed by atoms with E-state index >= 15 is 0 Å². The summed E-state index contributed by atoms with van der Waals surface area (Å²) in [5.41, 5.74) is 2.18. The number of imidazole rings is 1. The maximum absolute atomic E-state index is 4.69. The molecule has 0 spiro atoms. The molecule has 1 saturated heterocycles. The zero-order chi connectivity index (χ0) is 17.1. The monoisotopic (exact) mass is 334 g/mol. The molecule has 0 aromatic carbocycles. The molecule has 6 nitrogen and oxygen atoms in total. The number of aryl methyl sites for hydroxylation is 1. The molecule has 3 aromatic rings. The Hall–Kier alpha value is -2.60. The Labute approximate surface area is 147 Å². The van der Waals surface area contributed by atoms with E-state index in [2.05, 4.69) is 30.9 Å². The van der Waals surface area contributed by atoms with Crippen molar-refractivity contribution in [3.63, 3.8) is 0 Å². The van der Waals surface area contributed by atoms with Gasteiger partial charge in [0.25, 0.3) is 0 Å². The first kappa shape index (κ1) is 15.9. The zero-order valence-electron chi connectivity index (χ0n) is 14.4. The fraction of sp³-hybridized carbons (Fsp3) is 0.368. The lowest BCUT2D eigenvalue weighted by Gasteiger charge is -2.32. The lowest BCUT2D eigenvalue weighted by Crippen LogP contribution is -2.35. The second kappa shape index (κ2) is 7.11. The molecular weight excluding hydrogens is 312 g/mol. The Bertz CT molecular complexity index is 829. The Morgan fingerprint density at radius 1 is 1.04 bits per heavy atom. The predicted molar refractivity (Wildman–Crippen MR) is 95.4 cm³/mol. The summed E-state index contributed by atoms with van der Waals surface area (Å²) in [6.45, 7) is 4.96. The van der Waals surface area contributed by atoms with Crippen molar-refractivity contribution in [1.82, 2.24) is 29.4 Å². The summed E-state index contributed by atoms with van der Waals surface area (Å²) in [5, 5.41) is 0. The lowest BCUT2D eigenvalue weighted by molar-refractivity contribution is 0.196. The van der Waals surface area contributed by atoms with Gasteiger partial charge in [-0.2, -0.15) is 0 Å². The van der Waals surface area contributed by atoms with Crippen molar-refractivity contribution in [1.29, 1.82) is 0 Å². The highest BCUT2D eigenvalue weighted by atomic mass is 15.2. The highest BCUT2D eigenvalue weighted by Crippen LogP contribution is 2.29. The molecule has 128 valence electrons. The predicted octanol–water partition coefficient (Wildman–Crippen LogP) is 2.75. The molecule has 0 saturated carbocycles. The average Bonchev–Trinajstić information content (AvgIpc) is 3.09. The Morgan fingerprint density at radius 3 is 2.76 bits per heavy atom. The molecule has 0 radical (unpaired) electrons. The van der Waals surface area contributed by atoms with Gasteiger partial charge in [0, 0.05) is 50.0 Å². The fourth-order valence-corrected chi connectivity index (χ4v) is 3.56. The van der Waals surface area contributed by atoms with Crippen LogP contribution < -0.4 is 0 Å². The van der Waals surface area contributed by atoms with E-state index in [0.29, 0.717) is 5.92 Å². The first-order chi connectivity index (χ1) is 12.3. The van der Waals surface area contributed by atoms with Crippen molar-refractivity contribution in [3.05, 3.63) is 66.4 Å². The van der Waals surface area contributed by atoms with E-state index in [-0.39, 0.29) is 0 Å². The summed E-state index contributed by atoms with van der Waals surface area (Å²) in [6.07, 6.45) is 11.5. The van der Waals surface area contributed by atoms with Crippen LogP contribution in [0.15, 0.2) is 49.2 Å². The third-order valence-electron chi connectivity index (χ3n) is 4.76. The average molecular weight is 334 g/mol. The summed E-state index contributed by atoms with van der Waals surface area (Å²) >= 11 is 0. The smallest absolute Gasteiger partial charge is 0.160 e. The molecule has 6 heteroatoms. The topological polar surface area (TPSA) is 59.7 Å². The summed E-state index contributed by atoms with van der Waals surface area (Å²) in [7, 11) is 0. The maximum atomic E-state index is 4.69. The van der Waals surface area contributed by atoms with Crippen molar-refractivity contribution in [2.75, 3.05) is 13.1 Å². The van der Waals surface area contributed by atoms with E-state index < -0.39 is 0 Å². The Balaban J connectivity index is 1.57. The Kier molecular flexibility index (Phi) is 4.52. The molecule has 4 rings (SSSR count). The van der Waals surface area contributed by atoms with Gasteiger partial charge in [-0.3, -0.25) is 19.4 Å². The SMILES string of the molecule is Cc1nccn1-c1nccnc1[C@H]1CCCN(Cc2ccccn2)C1. The molecule has 1 aliphatic rings. The molecule has 0 aliphatic carbocycles. The number of piperidine rings is 1. The highest BCUT2D eigenvalue weighted by molar-refractivity contribution is 5.33. The van der Waals surface area contributed by atoms with E-state index in [1.54, 1.807) is 12.4 Å². The third kappa shape index (κ3) is 3.44. The summed E-state index contributed by atoms with van der Waals surface area (Å²) in [5.74, 6) is 2.22. The minimum Gasteiger partial charge on any atom is -0.297 e. The summed E-state index contributed by atoms with van der Waals surface area (Å²) in [6, 6.07) is 6.10. The van der Waals surface area contributed by atoms with Crippen LogP contribution in [0, 0.1) is 6.92 Å². The second-order valence-electron chi connectivity index (χ2n) is 6.50. The van der Waals surface area contributed by atoms with E-state index in [1.807, 2.05) is 42.2 Å². The first-order valence-corrected chi connectivity index (χ1v) is 8.75. The van der Waals surface area contributed by atoms with Gasteiger partial charge in [-0.15, -0.1) is 0 Å². The van der Waals surface area contributed by atoms with Gasteiger partial charge in [-0.05, 0) is 38.4 Å². The van der Waals surface area contributed by atoms with E-state index in [1.165, 1.54) is 0 Å². The van der Waals surface area contributed by atoms with Crippen LogP contribution in [0.5, 0.6) is 0 Å². The number of pyridine rings is 1. The van der Waals surface area contributed by atoms with Crippen LogP contribution in [0.3, 0.4) is 0 Å². The normalized spacial score (nSPS) is 18.4. The minimum absolute atomic E-state index is 0.378. The maximum Gasteiger partial charge on any atom is 0.160 e. The molecule has 4 heterocycles. The van der Waals surface area contributed by atoms with Crippen LogP contribution in [-0.2, 0) is 6.54 Å². The van der Waals surface area contributed by atoms with Gasteiger partial charge in [-0.25, -0.2) is 9.97 Å². The second-order valence-corrected chi connectivity index (χ2v) is 6.50. The van der Waals surface area contributed by atoms with Crippen molar-refractivity contribution >= 4 is 0 Å². The van der Waals surface area contributed by atoms with Crippen LogP contribution in [0.1, 0.15) is 36.0 Å². The highest BCUT2D eigenvalue weighted by Gasteiger charge is 2.26. The molecule has 1 aliphatic heterocycles. The summed E-state index contributed by atoms with van der Waals surface area (Å²) in [4.78, 5) is 20.5. The van der Waals surface area contributed by atoms with Crippen molar-refractivity contribution in [2.45, 2.75) is 32.2 Å². The van der Waals surface area contributed by atoms with Crippen LogP contribution in [-0.4, -0.2) is 42.5 Å². The van der Waals surface area contributed by atoms with E-state index in [4.69, 9.17) is 0 Å². The van der Waals surface area contributed by atoms with E-state index in [9.17, 15) is 0 Å². The molecule has 0 bridgehead atoms. The van der Waals surface area contributed by atoms with Crippen molar-refractivity contribution < 1.29 is 0 Å². The van der Waals surface area contributed by atoms with Crippen LogP contribution in [0.25, 0.3) is 5.82 Å². The minimum atomic E-state index is 0.378. The van der Waals surface area contributed by atoms with Crippen molar-refractivity contribution in [2.24, 2.45) is 0 Å². The molecule has 0 amide bonds. The van der Waals surface area contributed by atoms with Crippen LogP contribution in [0.4, 0.5) is 0 Å². The molecule has 3 aromatic heterocycles. The molecule has 0 unspecified atom stereocenters. The summed E-state index contributed by atoms with van der Waals surface area (Å²) < 4.78 is 2.03. The molecule has 1 atom stereocenters. The number of rotatable bonds is 4. The first-order valence-electron chi connectivity index (χ1n) is 8.75. The fourth-order valence-electron chi connectivity index (χ4n) is 3.56. The standard InChI is InChI=1S/C19H22N6/c1-15-20-10-12-25(15)19-18(22-8-9-23-19)16-5-4-11-24(13-16)14-17-6-2-3-7-21-17/h2-3,6-10,12,16H,4-5,11,13-14H2,1H3/t16-/m0/s1. The Morgan fingerprint density at radius 2 is 1.96 bits per heavy atom. The third-order valence-corrected chi connectivity index (χ3v) is 4.76. The number of hydrogen-bond donors (Lipinski definition) is 0. The number of likely N-dealkylation sites (tertiary alicyclic amines) is 1. The van der Waals surface area contributed by atoms with E-state index in [0.717, 1.165) is 55.5 Å². The number of hydrogen-bond acceptors (Lipinski definition) is 5. The molecule has 1 fully saturated rings. The number of nitrogens with zero attached hydrogens (tertiary/aromatic N) is 6.